The van der Waals surface area contributed by atoms with Gasteiger partial charge in [-0.2, -0.15) is 0 Å². The second-order valence-electron chi connectivity index (χ2n) is 4.85. The largest absolute Gasteiger partial charge is 0.485 e. The molecule has 2 rings (SSSR count). The van der Waals surface area contributed by atoms with Gasteiger partial charge in [0.2, 0.25) is 0 Å². The predicted molar refractivity (Wildman–Crippen MR) is 82.1 cm³/mol. The van der Waals surface area contributed by atoms with Crippen molar-refractivity contribution < 1.29 is 14.3 Å². The van der Waals surface area contributed by atoms with E-state index in [4.69, 9.17) is 4.74 Å². The molecule has 0 saturated heterocycles. The lowest BCUT2D eigenvalue weighted by Crippen LogP contribution is -2.11. The lowest BCUT2D eigenvalue weighted by atomic mass is 10.1. The zero-order valence-electron chi connectivity index (χ0n) is 12.3. The third-order valence-electron chi connectivity index (χ3n) is 3.29. The van der Waals surface area contributed by atoms with Crippen LogP contribution < -0.4 is 4.74 Å². The van der Waals surface area contributed by atoms with E-state index < -0.39 is 0 Å². The fourth-order valence-corrected chi connectivity index (χ4v) is 1.96. The summed E-state index contributed by atoms with van der Waals surface area (Å²) in [4.78, 5) is 23.3. The van der Waals surface area contributed by atoms with Gasteiger partial charge in [-0.1, -0.05) is 43.3 Å². The van der Waals surface area contributed by atoms with Gasteiger partial charge in [0.25, 0.3) is 0 Å². The van der Waals surface area contributed by atoms with Gasteiger partial charge in [0.05, 0.1) is 0 Å². The summed E-state index contributed by atoms with van der Waals surface area (Å²) in [6.07, 6.45) is 0.947. The Hall–Kier alpha value is -2.42. The number of aryl methyl sites for hydroxylation is 1. The highest BCUT2D eigenvalue weighted by Gasteiger charge is 2.07. The number of hydrogen-bond donors (Lipinski definition) is 0. The van der Waals surface area contributed by atoms with Gasteiger partial charge in [0.1, 0.15) is 5.75 Å². The van der Waals surface area contributed by atoms with E-state index in [0.29, 0.717) is 16.9 Å². The smallest absolute Gasteiger partial charge is 0.200 e. The summed E-state index contributed by atoms with van der Waals surface area (Å²) in [5, 5.41) is 0. The van der Waals surface area contributed by atoms with E-state index in [1.807, 2.05) is 24.3 Å². The van der Waals surface area contributed by atoms with Crippen molar-refractivity contribution in [1.29, 1.82) is 0 Å². The topological polar surface area (TPSA) is 43.4 Å². The maximum Gasteiger partial charge on any atom is 0.200 e. The molecule has 2 aromatic rings. The van der Waals surface area contributed by atoms with Gasteiger partial charge in [0.15, 0.2) is 18.2 Å². The van der Waals surface area contributed by atoms with Crippen LogP contribution in [0.25, 0.3) is 0 Å². The second kappa shape index (κ2) is 6.84. The Labute approximate surface area is 124 Å². The van der Waals surface area contributed by atoms with E-state index in [1.165, 1.54) is 12.5 Å². The molecule has 108 valence electrons. The first-order valence-corrected chi connectivity index (χ1v) is 6.96. The van der Waals surface area contributed by atoms with Crippen molar-refractivity contribution in [3.63, 3.8) is 0 Å². The summed E-state index contributed by atoms with van der Waals surface area (Å²) >= 11 is 0. The number of carbonyl (C=O) groups is 2. The zero-order valence-corrected chi connectivity index (χ0v) is 12.3. The van der Waals surface area contributed by atoms with Gasteiger partial charge in [-0.25, -0.2) is 0 Å². The van der Waals surface area contributed by atoms with E-state index >= 15 is 0 Å². The summed E-state index contributed by atoms with van der Waals surface area (Å²) < 4.78 is 5.47. The first-order chi connectivity index (χ1) is 10.1. The van der Waals surface area contributed by atoms with Gasteiger partial charge in [-0.15, -0.1) is 0 Å². The highest BCUT2D eigenvalue weighted by atomic mass is 16.5. The molecule has 0 atom stereocenters. The molecule has 0 N–H and O–H groups in total. The third-order valence-corrected chi connectivity index (χ3v) is 3.29. The Morgan fingerprint density at radius 3 is 2.33 bits per heavy atom. The standard InChI is InChI=1S/C18H18O3/c1-3-14-7-9-15(10-8-14)18(20)12-21-17-6-4-5-16(11-17)13(2)19/h4-11H,3,12H2,1-2H3. The fraction of sp³-hybridized carbons (Fsp3) is 0.222. The summed E-state index contributed by atoms with van der Waals surface area (Å²) in [5.74, 6) is 0.425. The molecule has 3 heteroatoms. The lowest BCUT2D eigenvalue weighted by Gasteiger charge is -2.07. The van der Waals surface area contributed by atoms with Crippen LogP contribution in [0.1, 0.15) is 40.1 Å². The Morgan fingerprint density at radius 2 is 1.71 bits per heavy atom. The predicted octanol–water partition coefficient (Wildman–Crippen LogP) is 3.71. The van der Waals surface area contributed by atoms with Crippen molar-refractivity contribution >= 4 is 11.6 Å². The minimum Gasteiger partial charge on any atom is -0.485 e. The first kappa shape index (κ1) is 15.0. The average Bonchev–Trinajstić information content (AvgIpc) is 2.53. The SMILES string of the molecule is CCc1ccc(C(=O)COc2cccc(C(C)=O)c2)cc1. The van der Waals surface area contributed by atoms with Gasteiger partial charge < -0.3 is 4.74 Å². The molecular formula is C18H18O3. The van der Waals surface area contributed by atoms with Crippen LogP contribution in [0, 0.1) is 0 Å². The molecule has 0 radical (unpaired) electrons. The quantitative estimate of drug-likeness (QED) is 0.758. The summed E-state index contributed by atoms with van der Waals surface area (Å²) in [6, 6.07) is 14.4. The van der Waals surface area contributed by atoms with Crippen LogP contribution in [0.5, 0.6) is 5.75 Å². The van der Waals surface area contributed by atoms with Crippen molar-refractivity contribution in [2.45, 2.75) is 20.3 Å². The number of ether oxygens (including phenoxy) is 1. The third kappa shape index (κ3) is 4.02. The van der Waals surface area contributed by atoms with Gasteiger partial charge in [-0.05, 0) is 31.0 Å². The first-order valence-electron chi connectivity index (χ1n) is 6.96. The molecule has 0 aliphatic carbocycles. The monoisotopic (exact) mass is 282 g/mol. The maximum absolute atomic E-state index is 12.0. The molecule has 2 aromatic carbocycles. The molecule has 3 nitrogen and oxygen atoms in total. The fourth-order valence-electron chi connectivity index (χ4n) is 1.96. The molecule has 0 aromatic heterocycles. The lowest BCUT2D eigenvalue weighted by molar-refractivity contribution is 0.0921. The number of rotatable bonds is 6. The number of Topliss-reactive ketones (excluding diaryl/α,β-unsaturated/α-hetero) is 2. The zero-order chi connectivity index (χ0) is 15.2. The van der Waals surface area contributed by atoms with Crippen molar-refractivity contribution in [2.24, 2.45) is 0 Å². The van der Waals surface area contributed by atoms with Crippen molar-refractivity contribution in [1.82, 2.24) is 0 Å². The Morgan fingerprint density at radius 1 is 1.00 bits per heavy atom. The molecule has 0 unspecified atom stereocenters. The normalized spacial score (nSPS) is 10.2. The summed E-state index contributed by atoms with van der Waals surface area (Å²) in [7, 11) is 0. The maximum atomic E-state index is 12.0. The molecular weight excluding hydrogens is 264 g/mol. The number of benzene rings is 2. The molecule has 0 aliphatic heterocycles. The summed E-state index contributed by atoms with van der Waals surface area (Å²) in [5.41, 5.74) is 2.41. The highest BCUT2D eigenvalue weighted by Crippen LogP contribution is 2.14. The van der Waals surface area contributed by atoms with E-state index in [9.17, 15) is 9.59 Å². The van der Waals surface area contributed by atoms with Gasteiger partial charge >= 0.3 is 0 Å². The van der Waals surface area contributed by atoms with Crippen LogP contribution in [-0.2, 0) is 6.42 Å². The van der Waals surface area contributed by atoms with Crippen molar-refractivity contribution in [3.8, 4) is 5.75 Å². The van der Waals surface area contributed by atoms with Crippen LogP contribution in [0.3, 0.4) is 0 Å². The molecule has 0 aliphatic rings. The van der Waals surface area contributed by atoms with Crippen LogP contribution in [0.2, 0.25) is 0 Å². The van der Waals surface area contributed by atoms with E-state index in [0.717, 1.165) is 6.42 Å². The van der Waals surface area contributed by atoms with E-state index in [2.05, 4.69) is 6.92 Å². The summed E-state index contributed by atoms with van der Waals surface area (Å²) in [6.45, 7) is 3.54. The van der Waals surface area contributed by atoms with Crippen molar-refractivity contribution in [2.75, 3.05) is 6.61 Å². The second-order valence-corrected chi connectivity index (χ2v) is 4.85. The molecule has 0 fully saturated rings. The molecule has 0 saturated carbocycles. The van der Waals surface area contributed by atoms with E-state index in [-0.39, 0.29) is 18.2 Å². The van der Waals surface area contributed by atoms with Crippen LogP contribution in [0.15, 0.2) is 48.5 Å². The number of carbonyl (C=O) groups excluding carboxylic acids is 2. The van der Waals surface area contributed by atoms with Gasteiger partial charge in [-0.3, -0.25) is 9.59 Å². The molecule has 0 heterocycles. The van der Waals surface area contributed by atoms with Gasteiger partial charge in [0, 0.05) is 11.1 Å². The Balaban J connectivity index is 2.00. The minimum atomic E-state index is -0.0779. The minimum absolute atomic E-state index is 0.0260. The van der Waals surface area contributed by atoms with Crippen molar-refractivity contribution in [3.05, 3.63) is 65.2 Å². The van der Waals surface area contributed by atoms with E-state index in [1.54, 1.807) is 24.3 Å². The molecule has 0 spiro atoms. The molecule has 0 bridgehead atoms. The Kier molecular flexibility index (Phi) is 4.88. The van der Waals surface area contributed by atoms with Crippen LogP contribution in [0.4, 0.5) is 0 Å². The Bertz CT molecular complexity index is 642. The number of ketones is 2. The molecule has 0 amide bonds. The molecule has 21 heavy (non-hydrogen) atoms. The van der Waals surface area contributed by atoms with Crippen LogP contribution in [-0.4, -0.2) is 18.2 Å². The average molecular weight is 282 g/mol. The number of hydrogen-bond acceptors (Lipinski definition) is 3. The van der Waals surface area contributed by atoms with Crippen LogP contribution >= 0.6 is 0 Å². The highest BCUT2D eigenvalue weighted by molar-refractivity contribution is 5.97.